The lowest BCUT2D eigenvalue weighted by atomic mass is 10.1. The number of nitrogens with two attached hydrogens (primary N) is 1. The lowest BCUT2D eigenvalue weighted by Crippen LogP contribution is -2.35. The van der Waals surface area contributed by atoms with E-state index in [1.165, 1.54) is 7.11 Å². The summed E-state index contributed by atoms with van der Waals surface area (Å²) in [5, 5.41) is 0. The first-order valence-electron chi connectivity index (χ1n) is 5.16. The molecule has 0 amide bonds. The SMILES string of the molecule is COC(C)(C)CCOC(CCN)C(F)(F)F. The van der Waals surface area contributed by atoms with Gasteiger partial charge in [-0.3, -0.25) is 0 Å². The van der Waals surface area contributed by atoms with Gasteiger partial charge in [0.1, 0.15) is 0 Å². The van der Waals surface area contributed by atoms with Gasteiger partial charge in [0.15, 0.2) is 6.10 Å². The summed E-state index contributed by atoms with van der Waals surface area (Å²) in [7, 11) is 1.52. The normalized spacial score (nSPS) is 15.2. The first-order chi connectivity index (χ1) is 7.23. The van der Waals surface area contributed by atoms with Crippen molar-refractivity contribution in [1.29, 1.82) is 0 Å². The maximum atomic E-state index is 12.4. The monoisotopic (exact) mass is 243 g/mol. The van der Waals surface area contributed by atoms with E-state index >= 15 is 0 Å². The minimum atomic E-state index is -4.35. The van der Waals surface area contributed by atoms with Gasteiger partial charge in [-0.25, -0.2) is 0 Å². The Bertz CT molecular complexity index is 195. The van der Waals surface area contributed by atoms with Crippen LogP contribution in [0.5, 0.6) is 0 Å². The second-order valence-electron chi connectivity index (χ2n) is 4.19. The zero-order chi connectivity index (χ0) is 12.8. The van der Waals surface area contributed by atoms with Crippen molar-refractivity contribution in [2.24, 2.45) is 5.73 Å². The van der Waals surface area contributed by atoms with Crippen LogP contribution in [0.25, 0.3) is 0 Å². The van der Waals surface area contributed by atoms with Crippen LogP contribution in [0.4, 0.5) is 13.2 Å². The van der Waals surface area contributed by atoms with E-state index in [4.69, 9.17) is 15.2 Å². The van der Waals surface area contributed by atoms with E-state index in [-0.39, 0.29) is 19.6 Å². The molecular formula is C10H20F3NO2. The zero-order valence-electron chi connectivity index (χ0n) is 9.93. The van der Waals surface area contributed by atoms with Crippen LogP contribution in [0.3, 0.4) is 0 Å². The summed E-state index contributed by atoms with van der Waals surface area (Å²) in [5.74, 6) is 0. The summed E-state index contributed by atoms with van der Waals surface area (Å²) in [6.45, 7) is 3.55. The molecule has 16 heavy (non-hydrogen) atoms. The molecule has 1 unspecified atom stereocenters. The fourth-order valence-electron chi connectivity index (χ4n) is 1.04. The number of hydrogen-bond acceptors (Lipinski definition) is 3. The average Bonchev–Trinajstić information content (AvgIpc) is 2.15. The molecule has 1 atom stereocenters. The standard InChI is InChI=1S/C10H20F3NO2/c1-9(2,15-3)5-7-16-8(4-6-14)10(11,12)13/h8H,4-7,14H2,1-3H3. The van der Waals surface area contributed by atoms with Gasteiger partial charge < -0.3 is 15.2 Å². The summed E-state index contributed by atoms with van der Waals surface area (Å²) >= 11 is 0. The van der Waals surface area contributed by atoms with Crippen LogP contribution >= 0.6 is 0 Å². The molecule has 0 heterocycles. The number of rotatable bonds is 7. The lowest BCUT2D eigenvalue weighted by molar-refractivity contribution is -0.223. The Kier molecular flexibility index (Phi) is 6.28. The molecule has 0 aromatic heterocycles. The van der Waals surface area contributed by atoms with E-state index in [1.54, 1.807) is 13.8 Å². The molecule has 0 rings (SSSR count). The quantitative estimate of drug-likeness (QED) is 0.744. The van der Waals surface area contributed by atoms with Crippen LogP contribution in [-0.2, 0) is 9.47 Å². The maximum Gasteiger partial charge on any atom is 0.414 e. The molecular weight excluding hydrogens is 223 g/mol. The lowest BCUT2D eigenvalue weighted by Gasteiger charge is -2.25. The van der Waals surface area contributed by atoms with Crippen LogP contribution in [-0.4, -0.2) is 38.1 Å². The van der Waals surface area contributed by atoms with E-state index in [2.05, 4.69) is 0 Å². The third kappa shape index (κ3) is 6.30. The fraction of sp³-hybridized carbons (Fsp3) is 1.00. The Labute approximate surface area is 94.1 Å². The predicted molar refractivity (Wildman–Crippen MR) is 55.2 cm³/mol. The van der Waals surface area contributed by atoms with Crippen molar-refractivity contribution in [2.45, 2.75) is 44.6 Å². The second-order valence-corrected chi connectivity index (χ2v) is 4.19. The molecule has 0 aliphatic rings. The van der Waals surface area contributed by atoms with Crippen molar-refractivity contribution in [2.75, 3.05) is 20.3 Å². The van der Waals surface area contributed by atoms with E-state index in [0.29, 0.717) is 6.42 Å². The topological polar surface area (TPSA) is 44.5 Å². The molecule has 0 aromatic rings. The maximum absolute atomic E-state index is 12.4. The van der Waals surface area contributed by atoms with Gasteiger partial charge in [-0.05, 0) is 33.2 Å². The van der Waals surface area contributed by atoms with Crippen molar-refractivity contribution in [3.05, 3.63) is 0 Å². The number of ether oxygens (including phenoxy) is 2. The van der Waals surface area contributed by atoms with Gasteiger partial charge in [-0.2, -0.15) is 13.2 Å². The molecule has 0 bridgehead atoms. The molecule has 0 fully saturated rings. The third-order valence-corrected chi connectivity index (χ3v) is 2.37. The number of alkyl halides is 3. The van der Waals surface area contributed by atoms with Crippen molar-refractivity contribution in [3.63, 3.8) is 0 Å². The van der Waals surface area contributed by atoms with Crippen LogP contribution in [0, 0.1) is 0 Å². The van der Waals surface area contributed by atoms with Gasteiger partial charge in [-0.1, -0.05) is 0 Å². The zero-order valence-corrected chi connectivity index (χ0v) is 9.93. The Morgan fingerprint density at radius 1 is 1.25 bits per heavy atom. The highest BCUT2D eigenvalue weighted by Crippen LogP contribution is 2.25. The molecule has 3 nitrogen and oxygen atoms in total. The van der Waals surface area contributed by atoms with Crippen molar-refractivity contribution < 1.29 is 22.6 Å². The first-order valence-corrected chi connectivity index (χ1v) is 5.16. The van der Waals surface area contributed by atoms with Gasteiger partial charge in [0, 0.05) is 7.11 Å². The van der Waals surface area contributed by atoms with E-state index in [1.807, 2.05) is 0 Å². The summed E-state index contributed by atoms with van der Waals surface area (Å²) in [6.07, 6.45) is -5.93. The largest absolute Gasteiger partial charge is 0.414 e. The van der Waals surface area contributed by atoms with Crippen molar-refractivity contribution in [1.82, 2.24) is 0 Å². The predicted octanol–water partition coefficient (Wildman–Crippen LogP) is 2.10. The molecule has 98 valence electrons. The molecule has 6 heteroatoms. The van der Waals surface area contributed by atoms with Gasteiger partial charge in [-0.15, -0.1) is 0 Å². The van der Waals surface area contributed by atoms with E-state index in [9.17, 15) is 13.2 Å². The van der Waals surface area contributed by atoms with Gasteiger partial charge >= 0.3 is 6.18 Å². The van der Waals surface area contributed by atoms with Crippen LogP contribution in [0.15, 0.2) is 0 Å². The molecule has 0 aromatic carbocycles. The molecule has 0 saturated heterocycles. The molecule has 0 saturated carbocycles. The number of methoxy groups -OCH3 is 1. The van der Waals surface area contributed by atoms with Crippen LogP contribution < -0.4 is 5.73 Å². The van der Waals surface area contributed by atoms with E-state index in [0.717, 1.165) is 0 Å². The van der Waals surface area contributed by atoms with E-state index < -0.39 is 17.9 Å². The minimum Gasteiger partial charge on any atom is -0.379 e. The summed E-state index contributed by atoms with van der Waals surface area (Å²) < 4.78 is 47.1. The summed E-state index contributed by atoms with van der Waals surface area (Å²) in [6, 6.07) is 0. The first kappa shape index (κ1) is 15.7. The minimum absolute atomic E-state index is 0.00498. The Morgan fingerprint density at radius 2 is 1.81 bits per heavy atom. The van der Waals surface area contributed by atoms with Crippen LogP contribution in [0.1, 0.15) is 26.7 Å². The molecule has 0 aliphatic carbocycles. The third-order valence-electron chi connectivity index (χ3n) is 2.37. The fourth-order valence-corrected chi connectivity index (χ4v) is 1.04. The van der Waals surface area contributed by atoms with Gasteiger partial charge in [0.25, 0.3) is 0 Å². The van der Waals surface area contributed by atoms with Crippen LogP contribution in [0.2, 0.25) is 0 Å². The van der Waals surface area contributed by atoms with Gasteiger partial charge in [0.05, 0.1) is 12.2 Å². The molecule has 0 aliphatic heterocycles. The number of halogens is 3. The Balaban J connectivity index is 4.04. The molecule has 0 radical (unpaired) electrons. The van der Waals surface area contributed by atoms with Crippen molar-refractivity contribution >= 4 is 0 Å². The van der Waals surface area contributed by atoms with Gasteiger partial charge in [0.2, 0.25) is 0 Å². The highest BCUT2D eigenvalue weighted by atomic mass is 19.4. The smallest absolute Gasteiger partial charge is 0.379 e. The highest BCUT2D eigenvalue weighted by Gasteiger charge is 2.40. The highest BCUT2D eigenvalue weighted by molar-refractivity contribution is 4.71. The summed E-state index contributed by atoms with van der Waals surface area (Å²) in [5.41, 5.74) is 4.63. The second kappa shape index (κ2) is 6.42. The number of hydrogen-bond donors (Lipinski definition) is 1. The molecule has 2 N–H and O–H groups in total. The summed E-state index contributed by atoms with van der Waals surface area (Å²) in [4.78, 5) is 0. The van der Waals surface area contributed by atoms with Crippen molar-refractivity contribution in [3.8, 4) is 0 Å². The average molecular weight is 243 g/mol. The Morgan fingerprint density at radius 3 is 2.19 bits per heavy atom. The molecule has 0 spiro atoms. The Hall–Kier alpha value is -0.330.